The lowest BCUT2D eigenvalue weighted by molar-refractivity contribution is -0.140. The Morgan fingerprint density at radius 3 is 2.06 bits per heavy atom. The number of nitrogens with one attached hydrogen (secondary N) is 1. The van der Waals surface area contributed by atoms with Gasteiger partial charge in [-0.1, -0.05) is 61.4 Å². The van der Waals surface area contributed by atoms with E-state index in [0.717, 1.165) is 39.2 Å². The van der Waals surface area contributed by atoms with Crippen LogP contribution in [0.2, 0.25) is 0 Å². The van der Waals surface area contributed by atoms with Gasteiger partial charge in [0.05, 0.1) is 11.9 Å². The van der Waals surface area contributed by atoms with Crippen molar-refractivity contribution in [3.63, 3.8) is 0 Å². The van der Waals surface area contributed by atoms with Gasteiger partial charge in [-0.2, -0.15) is 0 Å². The first-order chi connectivity index (χ1) is 16.4. The molecule has 192 valence electrons. The second kappa shape index (κ2) is 12.2. The molecule has 2 aromatic rings. The molecule has 0 heterocycles. The molecule has 0 aliphatic rings. The van der Waals surface area contributed by atoms with Gasteiger partial charge in [-0.15, -0.1) is 0 Å². The largest absolute Gasteiger partial charge is 0.352 e. The van der Waals surface area contributed by atoms with Crippen LogP contribution >= 0.6 is 0 Å². The van der Waals surface area contributed by atoms with E-state index in [1.54, 1.807) is 6.07 Å². The van der Waals surface area contributed by atoms with E-state index in [9.17, 15) is 18.0 Å². The smallest absolute Gasteiger partial charge is 0.244 e. The maximum absolute atomic E-state index is 13.7. The molecule has 0 fully saturated rings. The Kier molecular flexibility index (Phi) is 9.89. The summed E-state index contributed by atoms with van der Waals surface area (Å²) in [5.41, 5.74) is 4.18. The Hall–Kier alpha value is -2.87. The van der Waals surface area contributed by atoms with Gasteiger partial charge in [0.1, 0.15) is 12.6 Å². The maximum Gasteiger partial charge on any atom is 0.244 e. The molecule has 8 heteroatoms. The Morgan fingerprint density at radius 1 is 0.943 bits per heavy atom. The van der Waals surface area contributed by atoms with Gasteiger partial charge in [-0.05, 0) is 57.7 Å². The minimum Gasteiger partial charge on any atom is -0.352 e. The highest BCUT2D eigenvalue weighted by Crippen LogP contribution is 2.24. The van der Waals surface area contributed by atoms with E-state index in [-0.39, 0.29) is 25.0 Å². The fraction of sp³-hybridized carbons (Fsp3) is 0.481. The molecule has 0 aromatic heterocycles. The summed E-state index contributed by atoms with van der Waals surface area (Å²) in [5, 5.41) is 2.98. The lowest BCUT2D eigenvalue weighted by Crippen LogP contribution is -2.53. The molecule has 2 rings (SSSR count). The van der Waals surface area contributed by atoms with E-state index < -0.39 is 22.0 Å². The average Bonchev–Trinajstić information content (AvgIpc) is 2.78. The van der Waals surface area contributed by atoms with Crippen molar-refractivity contribution in [3.8, 4) is 0 Å². The number of carbonyl (C=O) groups excluding carboxylic acids is 2. The summed E-state index contributed by atoms with van der Waals surface area (Å²) in [6.07, 6.45) is 2.27. The quantitative estimate of drug-likeness (QED) is 0.502. The van der Waals surface area contributed by atoms with Crippen molar-refractivity contribution in [2.24, 2.45) is 0 Å². The number of anilines is 1. The van der Waals surface area contributed by atoms with Gasteiger partial charge in [-0.3, -0.25) is 13.9 Å². The van der Waals surface area contributed by atoms with Crippen molar-refractivity contribution in [2.75, 3.05) is 17.1 Å². The molecule has 0 saturated carbocycles. The van der Waals surface area contributed by atoms with Crippen LogP contribution in [0.1, 0.15) is 55.9 Å². The molecule has 1 N–H and O–H groups in total. The summed E-state index contributed by atoms with van der Waals surface area (Å²) in [4.78, 5) is 28.4. The number of hydrogen-bond acceptors (Lipinski definition) is 4. The highest BCUT2D eigenvalue weighted by Gasteiger charge is 2.32. The van der Waals surface area contributed by atoms with Crippen LogP contribution in [0.15, 0.2) is 42.5 Å². The van der Waals surface area contributed by atoms with Gasteiger partial charge in [0.25, 0.3) is 0 Å². The summed E-state index contributed by atoms with van der Waals surface area (Å²) in [5.74, 6) is -0.665. The predicted octanol–water partition coefficient (Wildman–Crippen LogP) is 4.10. The second-order valence-electron chi connectivity index (χ2n) is 9.31. The fourth-order valence-corrected chi connectivity index (χ4v) is 4.84. The van der Waals surface area contributed by atoms with Gasteiger partial charge in [0.2, 0.25) is 21.8 Å². The van der Waals surface area contributed by atoms with Crippen LogP contribution in [0.4, 0.5) is 5.69 Å². The van der Waals surface area contributed by atoms with Crippen LogP contribution in [-0.2, 0) is 26.2 Å². The predicted molar refractivity (Wildman–Crippen MR) is 142 cm³/mol. The van der Waals surface area contributed by atoms with Crippen LogP contribution in [0.25, 0.3) is 0 Å². The molecule has 0 unspecified atom stereocenters. The van der Waals surface area contributed by atoms with Crippen LogP contribution < -0.4 is 9.62 Å². The zero-order valence-corrected chi connectivity index (χ0v) is 22.8. The lowest BCUT2D eigenvalue weighted by Gasteiger charge is -2.33. The molecule has 0 radical (unpaired) electrons. The standard InChI is InChI=1S/C27H39N3O4S/c1-8-22(6)28-27(32)24(9-2)29(17-23-13-10-19(3)11-14-23)26(31)18-30(35(7,33)34)25-15-12-20(4)16-21(25)5/h10-16,22,24H,8-9,17-18H2,1-7H3,(H,28,32)/t22-,24-/m0/s1. The summed E-state index contributed by atoms with van der Waals surface area (Å²) in [7, 11) is -3.75. The number of hydrogen-bond donors (Lipinski definition) is 1. The van der Waals surface area contributed by atoms with Crippen LogP contribution in [0.5, 0.6) is 0 Å². The summed E-state index contributed by atoms with van der Waals surface area (Å²) in [6.45, 7) is 11.3. The SMILES string of the molecule is CC[C@H](C)NC(=O)[C@H](CC)N(Cc1ccc(C)cc1)C(=O)CN(c1ccc(C)cc1C)S(C)(=O)=O. The number of amides is 2. The van der Waals surface area contributed by atoms with Gasteiger partial charge < -0.3 is 10.2 Å². The summed E-state index contributed by atoms with van der Waals surface area (Å²) >= 11 is 0. The monoisotopic (exact) mass is 501 g/mol. The Morgan fingerprint density at radius 2 is 1.54 bits per heavy atom. The van der Waals surface area contributed by atoms with E-state index in [1.165, 1.54) is 4.90 Å². The molecule has 0 aliphatic carbocycles. The van der Waals surface area contributed by atoms with Gasteiger partial charge >= 0.3 is 0 Å². The maximum atomic E-state index is 13.7. The summed E-state index contributed by atoms with van der Waals surface area (Å²) in [6, 6.07) is 12.4. The molecule has 0 spiro atoms. The molecule has 0 saturated heterocycles. The van der Waals surface area contributed by atoms with Crippen molar-refractivity contribution in [2.45, 2.75) is 73.0 Å². The van der Waals surface area contributed by atoms with Crippen molar-refractivity contribution in [1.29, 1.82) is 0 Å². The lowest BCUT2D eigenvalue weighted by atomic mass is 10.1. The van der Waals surface area contributed by atoms with Crippen molar-refractivity contribution in [3.05, 3.63) is 64.7 Å². The highest BCUT2D eigenvalue weighted by atomic mass is 32.2. The number of sulfonamides is 1. The molecule has 0 bridgehead atoms. The topological polar surface area (TPSA) is 86.8 Å². The third-order valence-electron chi connectivity index (χ3n) is 6.16. The average molecular weight is 502 g/mol. The normalized spacial score (nSPS) is 13.1. The molecule has 2 atom stereocenters. The molecule has 2 aromatic carbocycles. The Balaban J connectivity index is 2.46. The van der Waals surface area contributed by atoms with Gasteiger partial charge in [0, 0.05) is 12.6 Å². The van der Waals surface area contributed by atoms with Gasteiger partial charge in [-0.25, -0.2) is 8.42 Å². The van der Waals surface area contributed by atoms with E-state index in [2.05, 4.69) is 5.32 Å². The van der Waals surface area contributed by atoms with E-state index in [4.69, 9.17) is 0 Å². The van der Waals surface area contributed by atoms with Crippen molar-refractivity contribution in [1.82, 2.24) is 10.2 Å². The van der Waals surface area contributed by atoms with Crippen LogP contribution in [0, 0.1) is 20.8 Å². The van der Waals surface area contributed by atoms with Gasteiger partial charge in [0.15, 0.2) is 0 Å². The van der Waals surface area contributed by atoms with Crippen molar-refractivity contribution >= 4 is 27.5 Å². The number of rotatable bonds is 11. The van der Waals surface area contributed by atoms with E-state index >= 15 is 0 Å². The van der Waals surface area contributed by atoms with Crippen LogP contribution in [-0.4, -0.2) is 50.0 Å². The highest BCUT2D eigenvalue weighted by molar-refractivity contribution is 7.92. The molecular formula is C27H39N3O4S. The number of nitrogens with zero attached hydrogens (tertiary/aromatic N) is 2. The van der Waals surface area contributed by atoms with E-state index in [0.29, 0.717) is 12.1 Å². The molecular weight excluding hydrogens is 462 g/mol. The Bertz CT molecular complexity index is 1130. The summed E-state index contributed by atoms with van der Waals surface area (Å²) < 4.78 is 26.6. The number of benzene rings is 2. The first kappa shape index (κ1) is 28.4. The van der Waals surface area contributed by atoms with E-state index in [1.807, 2.05) is 77.9 Å². The minimum absolute atomic E-state index is 0.0318. The third-order valence-corrected chi connectivity index (χ3v) is 7.29. The fourth-order valence-electron chi connectivity index (χ4n) is 3.93. The number of carbonyl (C=O) groups is 2. The van der Waals surface area contributed by atoms with Crippen molar-refractivity contribution < 1.29 is 18.0 Å². The third kappa shape index (κ3) is 7.82. The first-order valence-corrected chi connectivity index (χ1v) is 13.9. The zero-order chi connectivity index (χ0) is 26.3. The first-order valence-electron chi connectivity index (χ1n) is 12.1. The molecule has 35 heavy (non-hydrogen) atoms. The zero-order valence-electron chi connectivity index (χ0n) is 22.0. The Labute approximate surface area is 210 Å². The number of aryl methyl sites for hydroxylation is 3. The molecule has 2 amide bonds. The van der Waals surface area contributed by atoms with Crippen LogP contribution in [0.3, 0.4) is 0 Å². The second-order valence-corrected chi connectivity index (χ2v) is 11.2. The molecule has 0 aliphatic heterocycles. The molecule has 7 nitrogen and oxygen atoms in total. The minimum atomic E-state index is -3.75.